The third-order valence-electron chi connectivity index (χ3n) is 3.02. The van der Waals surface area contributed by atoms with Gasteiger partial charge < -0.3 is 5.32 Å². The summed E-state index contributed by atoms with van der Waals surface area (Å²) in [6.45, 7) is 5.70. The quantitative estimate of drug-likeness (QED) is 0.876. The van der Waals surface area contributed by atoms with Gasteiger partial charge in [0.15, 0.2) is 0 Å². The molecule has 0 bridgehead atoms. The number of benzene rings is 1. The molecule has 2 rings (SSSR count). The van der Waals surface area contributed by atoms with Gasteiger partial charge in [0, 0.05) is 6.42 Å². The molecule has 0 spiro atoms. The lowest BCUT2D eigenvalue weighted by Crippen LogP contribution is -2.21. The SMILES string of the molecule is CNCCC(C)(C)Cc1nc2ccccc2s1. The van der Waals surface area contributed by atoms with Crippen LogP contribution >= 0.6 is 11.3 Å². The van der Waals surface area contributed by atoms with E-state index in [1.54, 1.807) is 0 Å². The molecular formula is C14H20N2S. The zero-order valence-corrected chi connectivity index (χ0v) is 11.6. The fourth-order valence-corrected chi connectivity index (χ4v) is 3.18. The van der Waals surface area contributed by atoms with Crippen LogP contribution in [0.3, 0.4) is 0 Å². The summed E-state index contributed by atoms with van der Waals surface area (Å²) >= 11 is 1.83. The number of nitrogens with zero attached hydrogens (tertiary/aromatic N) is 1. The van der Waals surface area contributed by atoms with Gasteiger partial charge in [0.1, 0.15) is 0 Å². The van der Waals surface area contributed by atoms with Gasteiger partial charge in [-0.3, -0.25) is 0 Å². The molecule has 0 fully saturated rings. The maximum Gasteiger partial charge on any atom is 0.0943 e. The second-order valence-electron chi connectivity index (χ2n) is 5.27. The van der Waals surface area contributed by atoms with Crippen molar-refractivity contribution < 1.29 is 0 Å². The van der Waals surface area contributed by atoms with E-state index in [2.05, 4.69) is 43.4 Å². The van der Waals surface area contributed by atoms with Crippen molar-refractivity contribution in [1.82, 2.24) is 10.3 Å². The minimum atomic E-state index is 0.316. The number of hydrogen-bond acceptors (Lipinski definition) is 3. The number of fused-ring (bicyclic) bond motifs is 1. The zero-order valence-electron chi connectivity index (χ0n) is 10.8. The first-order valence-electron chi connectivity index (χ1n) is 6.10. The van der Waals surface area contributed by atoms with E-state index < -0.39 is 0 Å². The number of para-hydroxylation sites is 1. The predicted molar refractivity (Wildman–Crippen MR) is 75.6 cm³/mol. The molecule has 1 heterocycles. The molecule has 17 heavy (non-hydrogen) atoms. The number of thiazole rings is 1. The molecule has 0 aliphatic heterocycles. The Balaban J connectivity index is 2.12. The first-order valence-corrected chi connectivity index (χ1v) is 6.91. The molecule has 0 aliphatic carbocycles. The van der Waals surface area contributed by atoms with Crippen molar-refractivity contribution in [2.75, 3.05) is 13.6 Å². The van der Waals surface area contributed by atoms with Crippen molar-refractivity contribution in [2.45, 2.75) is 26.7 Å². The van der Waals surface area contributed by atoms with Crippen molar-refractivity contribution in [3.05, 3.63) is 29.3 Å². The van der Waals surface area contributed by atoms with Crippen LogP contribution in [0.5, 0.6) is 0 Å². The Labute approximate surface area is 107 Å². The van der Waals surface area contributed by atoms with E-state index in [-0.39, 0.29) is 0 Å². The second kappa shape index (κ2) is 5.15. The van der Waals surface area contributed by atoms with E-state index in [0.717, 1.165) is 18.5 Å². The van der Waals surface area contributed by atoms with Crippen LogP contribution in [0, 0.1) is 5.41 Å². The monoisotopic (exact) mass is 248 g/mol. The van der Waals surface area contributed by atoms with Gasteiger partial charge in [-0.15, -0.1) is 11.3 Å². The van der Waals surface area contributed by atoms with Crippen LogP contribution in [0.2, 0.25) is 0 Å². The zero-order chi connectivity index (χ0) is 12.3. The molecule has 0 atom stereocenters. The Morgan fingerprint density at radius 3 is 2.76 bits per heavy atom. The van der Waals surface area contributed by atoms with Gasteiger partial charge in [-0.25, -0.2) is 4.98 Å². The van der Waals surface area contributed by atoms with Crippen molar-refractivity contribution in [3.8, 4) is 0 Å². The molecule has 0 aliphatic rings. The molecule has 1 aromatic heterocycles. The summed E-state index contributed by atoms with van der Waals surface area (Å²) in [4.78, 5) is 4.70. The van der Waals surface area contributed by atoms with Crippen molar-refractivity contribution in [1.29, 1.82) is 0 Å². The molecule has 0 saturated heterocycles. The summed E-state index contributed by atoms with van der Waals surface area (Å²) in [6, 6.07) is 8.38. The predicted octanol–water partition coefficient (Wildman–Crippen LogP) is 3.47. The fourth-order valence-electron chi connectivity index (χ4n) is 1.96. The van der Waals surface area contributed by atoms with Crippen LogP contribution < -0.4 is 5.32 Å². The number of hydrogen-bond donors (Lipinski definition) is 1. The highest BCUT2D eigenvalue weighted by molar-refractivity contribution is 7.18. The Morgan fingerprint density at radius 2 is 2.06 bits per heavy atom. The molecule has 1 N–H and O–H groups in total. The van der Waals surface area contributed by atoms with Crippen LogP contribution in [0.25, 0.3) is 10.2 Å². The van der Waals surface area contributed by atoms with Gasteiger partial charge in [-0.2, -0.15) is 0 Å². The van der Waals surface area contributed by atoms with E-state index in [4.69, 9.17) is 4.98 Å². The van der Waals surface area contributed by atoms with Gasteiger partial charge in [-0.1, -0.05) is 26.0 Å². The van der Waals surface area contributed by atoms with Crippen molar-refractivity contribution >= 4 is 21.6 Å². The molecule has 2 nitrogen and oxygen atoms in total. The summed E-state index contributed by atoms with van der Waals surface area (Å²) < 4.78 is 1.30. The number of nitrogens with one attached hydrogen (secondary N) is 1. The average Bonchev–Trinajstić information content (AvgIpc) is 2.67. The lowest BCUT2D eigenvalue weighted by atomic mass is 9.86. The number of aromatic nitrogens is 1. The minimum absolute atomic E-state index is 0.316. The van der Waals surface area contributed by atoms with Crippen LogP contribution in [-0.2, 0) is 6.42 Å². The van der Waals surface area contributed by atoms with Crippen LogP contribution in [0.1, 0.15) is 25.3 Å². The third kappa shape index (κ3) is 3.27. The highest BCUT2D eigenvalue weighted by atomic mass is 32.1. The highest BCUT2D eigenvalue weighted by Gasteiger charge is 2.19. The maximum atomic E-state index is 4.70. The molecule has 0 amide bonds. The molecule has 92 valence electrons. The molecule has 0 saturated carbocycles. The van der Waals surface area contributed by atoms with Gasteiger partial charge >= 0.3 is 0 Å². The summed E-state index contributed by atoms with van der Waals surface area (Å²) in [5.74, 6) is 0. The Hall–Kier alpha value is -0.930. The van der Waals surface area contributed by atoms with Crippen LogP contribution in [0.4, 0.5) is 0 Å². The molecular weight excluding hydrogens is 228 g/mol. The highest BCUT2D eigenvalue weighted by Crippen LogP contribution is 2.30. The van der Waals surface area contributed by atoms with E-state index in [0.29, 0.717) is 5.41 Å². The normalized spacial score (nSPS) is 12.2. The Bertz CT molecular complexity index is 455. The largest absolute Gasteiger partial charge is 0.320 e. The van der Waals surface area contributed by atoms with Crippen LogP contribution in [0.15, 0.2) is 24.3 Å². The smallest absolute Gasteiger partial charge is 0.0943 e. The van der Waals surface area contributed by atoms with E-state index in [1.807, 2.05) is 18.4 Å². The van der Waals surface area contributed by atoms with Gasteiger partial charge in [0.05, 0.1) is 15.2 Å². The average molecular weight is 248 g/mol. The standard InChI is InChI=1S/C14H20N2S/c1-14(2,8-9-15-3)10-13-16-11-6-4-5-7-12(11)17-13/h4-7,15H,8-10H2,1-3H3. The summed E-state index contributed by atoms with van der Waals surface area (Å²) in [6.07, 6.45) is 2.24. The molecule has 2 aromatic rings. The van der Waals surface area contributed by atoms with E-state index in [1.165, 1.54) is 16.1 Å². The summed E-state index contributed by atoms with van der Waals surface area (Å²) in [5.41, 5.74) is 1.45. The van der Waals surface area contributed by atoms with E-state index in [9.17, 15) is 0 Å². The van der Waals surface area contributed by atoms with Gasteiger partial charge in [-0.05, 0) is 37.6 Å². The van der Waals surface area contributed by atoms with Gasteiger partial charge in [0.25, 0.3) is 0 Å². The van der Waals surface area contributed by atoms with E-state index >= 15 is 0 Å². The summed E-state index contributed by atoms with van der Waals surface area (Å²) in [5, 5.41) is 4.48. The molecule has 3 heteroatoms. The first kappa shape index (κ1) is 12.5. The second-order valence-corrected chi connectivity index (χ2v) is 6.39. The third-order valence-corrected chi connectivity index (χ3v) is 4.06. The molecule has 0 unspecified atom stereocenters. The summed E-state index contributed by atoms with van der Waals surface area (Å²) in [7, 11) is 2.01. The van der Waals surface area contributed by atoms with Crippen molar-refractivity contribution in [2.24, 2.45) is 5.41 Å². The number of rotatable bonds is 5. The Kier molecular flexibility index (Phi) is 3.79. The van der Waals surface area contributed by atoms with Crippen LogP contribution in [-0.4, -0.2) is 18.6 Å². The van der Waals surface area contributed by atoms with Gasteiger partial charge in [0.2, 0.25) is 0 Å². The first-order chi connectivity index (χ1) is 8.11. The maximum absolute atomic E-state index is 4.70. The lowest BCUT2D eigenvalue weighted by molar-refractivity contribution is 0.329. The fraction of sp³-hybridized carbons (Fsp3) is 0.500. The Morgan fingerprint density at radius 1 is 1.29 bits per heavy atom. The molecule has 1 aromatic carbocycles. The minimum Gasteiger partial charge on any atom is -0.320 e. The topological polar surface area (TPSA) is 24.9 Å². The van der Waals surface area contributed by atoms with Crippen molar-refractivity contribution in [3.63, 3.8) is 0 Å². The molecule has 0 radical (unpaired) electrons. The lowest BCUT2D eigenvalue weighted by Gasteiger charge is -2.22.